The average molecular weight is 366 g/mol. The van der Waals surface area contributed by atoms with Crippen LogP contribution >= 0.6 is 0 Å². The summed E-state index contributed by atoms with van der Waals surface area (Å²) in [6.45, 7) is 2.18. The lowest BCUT2D eigenvalue weighted by atomic mass is 10.3. The van der Waals surface area contributed by atoms with E-state index in [-0.39, 0.29) is 0 Å². The van der Waals surface area contributed by atoms with Gasteiger partial charge >= 0.3 is 0 Å². The van der Waals surface area contributed by atoms with E-state index in [0.717, 1.165) is 49.1 Å². The molecule has 1 N–H and O–H groups in total. The van der Waals surface area contributed by atoms with Gasteiger partial charge in [0.15, 0.2) is 11.6 Å². The van der Waals surface area contributed by atoms with Gasteiger partial charge in [0.2, 0.25) is 0 Å². The number of para-hydroxylation sites is 1. The van der Waals surface area contributed by atoms with E-state index >= 15 is 0 Å². The van der Waals surface area contributed by atoms with Crippen LogP contribution in [0.15, 0.2) is 59.7 Å². The summed E-state index contributed by atoms with van der Waals surface area (Å²) >= 11 is 0. The summed E-state index contributed by atoms with van der Waals surface area (Å²) in [5.74, 6) is 2.72. The normalized spacial score (nSPS) is 11.6. The molecule has 0 aliphatic carbocycles. The Morgan fingerprint density at radius 1 is 1.15 bits per heavy atom. The SMILES string of the molecule is CN=C(NCCCc1nnc2ccccn12)N(C)CCOc1ccccc1. The largest absolute Gasteiger partial charge is 0.492 e. The van der Waals surface area contributed by atoms with Gasteiger partial charge in [-0.25, -0.2) is 0 Å². The van der Waals surface area contributed by atoms with Crippen molar-refractivity contribution in [1.82, 2.24) is 24.8 Å². The Balaban J connectivity index is 1.39. The molecule has 3 rings (SSSR count). The molecule has 7 nitrogen and oxygen atoms in total. The van der Waals surface area contributed by atoms with E-state index < -0.39 is 0 Å². The molecule has 0 amide bonds. The molecule has 0 radical (unpaired) electrons. The molecule has 0 fully saturated rings. The van der Waals surface area contributed by atoms with Crippen LogP contribution in [-0.4, -0.2) is 59.2 Å². The molecule has 7 heteroatoms. The summed E-state index contributed by atoms with van der Waals surface area (Å²) in [6, 6.07) is 15.8. The Bertz CT molecular complexity index is 861. The molecule has 0 unspecified atom stereocenters. The number of fused-ring (bicyclic) bond motifs is 1. The number of pyridine rings is 1. The van der Waals surface area contributed by atoms with Crippen LogP contribution in [0.1, 0.15) is 12.2 Å². The van der Waals surface area contributed by atoms with E-state index in [1.54, 1.807) is 7.05 Å². The monoisotopic (exact) mass is 366 g/mol. The lowest BCUT2D eigenvalue weighted by Gasteiger charge is -2.22. The lowest BCUT2D eigenvalue weighted by molar-refractivity contribution is 0.281. The first-order valence-corrected chi connectivity index (χ1v) is 9.16. The van der Waals surface area contributed by atoms with Crippen molar-refractivity contribution in [1.29, 1.82) is 0 Å². The number of rotatable bonds is 8. The molecule has 2 aromatic heterocycles. The molecule has 0 aliphatic rings. The molecule has 1 aromatic carbocycles. The van der Waals surface area contributed by atoms with Gasteiger partial charge < -0.3 is 15.0 Å². The molecule has 0 spiro atoms. The molecular weight excluding hydrogens is 340 g/mol. The number of ether oxygens (including phenoxy) is 1. The highest BCUT2D eigenvalue weighted by Crippen LogP contribution is 2.08. The number of benzene rings is 1. The lowest BCUT2D eigenvalue weighted by Crippen LogP contribution is -2.41. The number of guanidine groups is 1. The van der Waals surface area contributed by atoms with E-state index in [1.165, 1.54) is 0 Å². The summed E-state index contributed by atoms with van der Waals surface area (Å²) in [5.41, 5.74) is 0.884. The zero-order valence-corrected chi connectivity index (χ0v) is 15.9. The standard InChI is InChI=1S/C20H26N6O/c1-21-20(25(2)15-16-27-17-9-4-3-5-10-17)22-13-8-12-19-24-23-18-11-6-7-14-26(18)19/h3-7,9-11,14H,8,12-13,15-16H2,1-2H3,(H,21,22). The van der Waals surface area contributed by atoms with Crippen molar-refractivity contribution in [3.05, 3.63) is 60.6 Å². The van der Waals surface area contributed by atoms with Gasteiger partial charge in [0.05, 0.1) is 6.54 Å². The van der Waals surface area contributed by atoms with E-state index in [2.05, 4.69) is 25.4 Å². The van der Waals surface area contributed by atoms with Crippen LogP contribution in [0, 0.1) is 0 Å². The third-order valence-electron chi connectivity index (χ3n) is 4.26. The quantitative estimate of drug-likeness (QED) is 0.376. The maximum atomic E-state index is 5.74. The van der Waals surface area contributed by atoms with Gasteiger partial charge in [-0.3, -0.25) is 9.39 Å². The molecule has 0 aliphatic heterocycles. The van der Waals surface area contributed by atoms with Crippen molar-refractivity contribution in [3.8, 4) is 5.75 Å². The Kier molecular flexibility index (Phi) is 6.62. The first kappa shape index (κ1) is 18.7. The number of aliphatic imine (C=N–C) groups is 1. The van der Waals surface area contributed by atoms with Crippen LogP contribution in [0.5, 0.6) is 5.75 Å². The highest BCUT2D eigenvalue weighted by Gasteiger charge is 2.07. The van der Waals surface area contributed by atoms with Gasteiger partial charge in [-0.15, -0.1) is 10.2 Å². The van der Waals surface area contributed by atoms with Crippen molar-refractivity contribution in [2.45, 2.75) is 12.8 Å². The second-order valence-corrected chi connectivity index (χ2v) is 6.21. The summed E-state index contributed by atoms with van der Waals surface area (Å²) in [4.78, 5) is 6.41. The van der Waals surface area contributed by atoms with Crippen molar-refractivity contribution in [2.24, 2.45) is 4.99 Å². The number of hydrogen-bond donors (Lipinski definition) is 1. The molecule has 0 saturated carbocycles. The number of aryl methyl sites for hydroxylation is 1. The van der Waals surface area contributed by atoms with Crippen molar-refractivity contribution < 1.29 is 4.74 Å². The topological polar surface area (TPSA) is 67.0 Å². The number of hydrogen-bond acceptors (Lipinski definition) is 4. The predicted octanol–water partition coefficient (Wildman–Crippen LogP) is 2.25. The van der Waals surface area contributed by atoms with E-state index in [4.69, 9.17) is 4.74 Å². The predicted molar refractivity (Wildman–Crippen MR) is 107 cm³/mol. The first-order valence-electron chi connectivity index (χ1n) is 9.16. The minimum absolute atomic E-state index is 0.604. The minimum Gasteiger partial charge on any atom is -0.492 e. The highest BCUT2D eigenvalue weighted by molar-refractivity contribution is 5.79. The number of nitrogens with one attached hydrogen (secondary N) is 1. The van der Waals surface area contributed by atoms with Crippen LogP contribution in [-0.2, 0) is 6.42 Å². The molecule has 0 atom stereocenters. The molecule has 27 heavy (non-hydrogen) atoms. The maximum absolute atomic E-state index is 5.74. The Morgan fingerprint density at radius 3 is 2.78 bits per heavy atom. The Morgan fingerprint density at radius 2 is 1.96 bits per heavy atom. The Hall–Kier alpha value is -3.09. The third-order valence-corrected chi connectivity index (χ3v) is 4.26. The van der Waals surface area contributed by atoms with Crippen molar-refractivity contribution in [3.63, 3.8) is 0 Å². The van der Waals surface area contributed by atoms with Crippen LogP contribution in [0.3, 0.4) is 0 Å². The smallest absolute Gasteiger partial charge is 0.193 e. The van der Waals surface area contributed by atoms with Gasteiger partial charge in [0.1, 0.15) is 18.2 Å². The fourth-order valence-electron chi connectivity index (χ4n) is 2.82. The molecule has 0 bridgehead atoms. The zero-order valence-electron chi connectivity index (χ0n) is 15.9. The van der Waals surface area contributed by atoms with Gasteiger partial charge in [0, 0.05) is 33.3 Å². The molecule has 3 aromatic rings. The molecule has 2 heterocycles. The molecule has 142 valence electrons. The first-order chi connectivity index (χ1) is 13.3. The Labute approximate surface area is 159 Å². The number of aromatic nitrogens is 3. The van der Waals surface area contributed by atoms with Gasteiger partial charge in [-0.1, -0.05) is 24.3 Å². The summed E-state index contributed by atoms with van der Waals surface area (Å²) in [6.07, 6.45) is 3.80. The summed E-state index contributed by atoms with van der Waals surface area (Å²) in [7, 11) is 3.80. The van der Waals surface area contributed by atoms with Crippen LogP contribution in [0.25, 0.3) is 5.65 Å². The average Bonchev–Trinajstić information content (AvgIpc) is 3.12. The second kappa shape index (κ2) is 9.56. The van der Waals surface area contributed by atoms with E-state index in [9.17, 15) is 0 Å². The second-order valence-electron chi connectivity index (χ2n) is 6.21. The van der Waals surface area contributed by atoms with Crippen molar-refractivity contribution in [2.75, 3.05) is 33.8 Å². The summed E-state index contributed by atoms with van der Waals surface area (Å²) in [5, 5.41) is 11.8. The van der Waals surface area contributed by atoms with Crippen LogP contribution < -0.4 is 10.1 Å². The number of nitrogens with zero attached hydrogens (tertiary/aromatic N) is 5. The van der Waals surface area contributed by atoms with Crippen LogP contribution in [0.4, 0.5) is 0 Å². The minimum atomic E-state index is 0.604. The fraction of sp³-hybridized carbons (Fsp3) is 0.350. The summed E-state index contributed by atoms with van der Waals surface area (Å²) < 4.78 is 7.77. The molecule has 0 saturated heterocycles. The van der Waals surface area contributed by atoms with Gasteiger partial charge in [0.25, 0.3) is 0 Å². The maximum Gasteiger partial charge on any atom is 0.193 e. The van der Waals surface area contributed by atoms with E-state index in [1.807, 2.05) is 66.2 Å². The third kappa shape index (κ3) is 5.20. The van der Waals surface area contributed by atoms with Gasteiger partial charge in [-0.2, -0.15) is 0 Å². The molecular formula is C20H26N6O. The van der Waals surface area contributed by atoms with Crippen molar-refractivity contribution >= 4 is 11.6 Å². The van der Waals surface area contributed by atoms with Gasteiger partial charge in [-0.05, 0) is 30.7 Å². The number of likely N-dealkylation sites (N-methyl/N-ethyl adjacent to an activating group) is 1. The van der Waals surface area contributed by atoms with E-state index in [0.29, 0.717) is 6.61 Å². The fourth-order valence-corrected chi connectivity index (χ4v) is 2.82. The highest BCUT2D eigenvalue weighted by atomic mass is 16.5. The van der Waals surface area contributed by atoms with Crippen LogP contribution in [0.2, 0.25) is 0 Å². The zero-order chi connectivity index (χ0) is 18.9.